The Bertz CT molecular complexity index is 250. The first-order valence-electron chi connectivity index (χ1n) is 3.30. The first-order valence-corrected chi connectivity index (χ1v) is 4.09. The summed E-state index contributed by atoms with van der Waals surface area (Å²) >= 11 is 3.38. The zero-order chi connectivity index (χ0) is 8.27. The summed E-state index contributed by atoms with van der Waals surface area (Å²) in [4.78, 5) is 0. The molecule has 2 nitrogen and oxygen atoms in total. The van der Waals surface area contributed by atoms with E-state index in [0.29, 0.717) is 0 Å². The molecule has 0 spiro atoms. The second-order valence-electron chi connectivity index (χ2n) is 2.07. The fraction of sp³-hybridized carbons (Fsp3) is 0.250. The number of hydrogen-bond donors (Lipinski definition) is 1. The Balaban J connectivity index is 3.13. The molecule has 1 aromatic rings. The maximum atomic E-state index is 5.16. The lowest BCUT2D eigenvalue weighted by Gasteiger charge is -2.08. The summed E-state index contributed by atoms with van der Waals surface area (Å²) < 4.78 is 6.12. The third-order valence-electron chi connectivity index (χ3n) is 1.44. The van der Waals surface area contributed by atoms with Gasteiger partial charge in [0.15, 0.2) is 5.75 Å². The highest BCUT2D eigenvalue weighted by atomic mass is 79.9. The van der Waals surface area contributed by atoms with Gasteiger partial charge in [0.05, 0.1) is 17.3 Å². The van der Waals surface area contributed by atoms with Crippen LogP contribution < -0.4 is 10.1 Å². The summed E-state index contributed by atoms with van der Waals surface area (Å²) in [5, 5.41) is 3.03. The van der Waals surface area contributed by atoms with Crippen LogP contribution in [-0.4, -0.2) is 14.2 Å². The molecule has 0 radical (unpaired) electrons. The fourth-order valence-electron chi connectivity index (χ4n) is 0.913. The molecule has 0 atom stereocenters. The van der Waals surface area contributed by atoms with Gasteiger partial charge in [-0.25, -0.2) is 0 Å². The first kappa shape index (κ1) is 8.40. The average Bonchev–Trinajstić information content (AvgIpc) is 2.04. The highest BCUT2D eigenvalue weighted by Gasteiger charge is 2.03. The topological polar surface area (TPSA) is 21.3 Å². The van der Waals surface area contributed by atoms with Crippen molar-refractivity contribution in [2.75, 3.05) is 19.5 Å². The van der Waals surface area contributed by atoms with Crippen molar-refractivity contribution in [1.82, 2.24) is 0 Å². The Morgan fingerprint density at radius 3 is 2.64 bits per heavy atom. The molecule has 0 heterocycles. The van der Waals surface area contributed by atoms with Crippen LogP contribution in [0.5, 0.6) is 5.75 Å². The summed E-state index contributed by atoms with van der Waals surface area (Å²) in [5.74, 6) is 0.843. The van der Waals surface area contributed by atoms with Gasteiger partial charge in [0.1, 0.15) is 0 Å². The lowest BCUT2D eigenvalue weighted by molar-refractivity contribution is 0.414. The molecule has 60 valence electrons. The first-order chi connectivity index (χ1) is 5.29. The van der Waals surface area contributed by atoms with Crippen LogP contribution in [0.3, 0.4) is 0 Å². The van der Waals surface area contributed by atoms with Gasteiger partial charge in [-0.05, 0) is 28.1 Å². The van der Waals surface area contributed by atoms with E-state index in [2.05, 4.69) is 21.2 Å². The molecule has 0 saturated heterocycles. The van der Waals surface area contributed by atoms with Crippen LogP contribution in [0, 0.1) is 0 Å². The van der Waals surface area contributed by atoms with Gasteiger partial charge in [0.2, 0.25) is 0 Å². The number of halogens is 1. The van der Waals surface area contributed by atoms with Crippen LogP contribution in [0.25, 0.3) is 0 Å². The van der Waals surface area contributed by atoms with Gasteiger partial charge in [0, 0.05) is 7.05 Å². The summed E-state index contributed by atoms with van der Waals surface area (Å²) in [6, 6.07) is 5.86. The monoisotopic (exact) mass is 215 g/mol. The third-order valence-corrected chi connectivity index (χ3v) is 2.06. The number of anilines is 1. The van der Waals surface area contributed by atoms with Crippen molar-refractivity contribution in [1.29, 1.82) is 0 Å². The molecule has 0 aliphatic rings. The van der Waals surface area contributed by atoms with Crippen LogP contribution in [0.15, 0.2) is 22.7 Å². The molecular formula is C8H10BrNO. The Morgan fingerprint density at radius 1 is 1.45 bits per heavy atom. The summed E-state index contributed by atoms with van der Waals surface area (Å²) in [6.45, 7) is 0. The Morgan fingerprint density at radius 2 is 2.18 bits per heavy atom. The van der Waals surface area contributed by atoms with Gasteiger partial charge in [-0.1, -0.05) is 6.07 Å². The number of nitrogens with one attached hydrogen (secondary N) is 1. The van der Waals surface area contributed by atoms with Gasteiger partial charge in [-0.15, -0.1) is 0 Å². The van der Waals surface area contributed by atoms with E-state index in [4.69, 9.17) is 4.74 Å². The number of methoxy groups -OCH3 is 1. The number of benzene rings is 1. The third kappa shape index (κ3) is 1.66. The van der Waals surface area contributed by atoms with E-state index in [0.717, 1.165) is 15.9 Å². The van der Waals surface area contributed by atoms with E-state index in [-0.39, 0.29) is 0 Å². The van der Waals surface area contributed by atoms with Crippen LogP contribution in [0.1, 0.15) is 0 Å². The lowest BCUT2D eigenvalue weighted by atomic mass is 10.3. The van der Waals surface area contributed by atoms with Crippen LogP contribution in [0.2, 0.25) is 0 Å². The molecule has 0 fully saturated rings. The normalized spacial score (nSPS) is 9.36. The molecule has 0 unspecified atom stereocenters. The van der Waals surface area contributed by atoms with Gasteiger partial charge < -0.3 is 10.1 Å². The molecule has 3 heteroatoms. The molecule has 1 rings (SSSR count). The van der Waals surface area contributed by atoms with E-state index < -0.39 is 0 Å². The largest absolute Gasteiger partial charge is 0.493 e. The quantitative estimate of drug-likeness (QED) is 0.819. The van der Waals surface area contributed by atoms with Gasteiger partial charge in [0.25, 0.3) is 0 Å². The summed E-state index contributed by atoms with van der Waals surface area (Å²) in [6.07, 6.45) is 0. The predicted molar refractivity (Wildman–Crippen MR) is 50.2 cm³/mol. The molecule has 0 amide bonds. The van der Waals surface area contributed by atoms with Crippen molar-refractivity contribution >= 4 is 21.6 Å². The minimum atomic E-state index is 0.843. The van der Waals surface area contributed by atoms with Crippen molar-refractivity contribution in [2.45, 2.75) is 0 Å². The minimum absolute atomic E-state index is 0.843. The molecule has 0 aliphatic heterocycles. The highest BCUT2D eigenvalue weighted by molar-refractivity contribution is 9.10. The van der Waals surface area contributed by atoms with Crippen molar-refractivity contribution in [3.8, 4) is 5.75 Å². The van der Waals surface area contributed by atoms with Gasteiger partial charge in [-0.2, -0.15) is 0 Å². The van der Waals surface area contributed by atoms with Crippen molar-refractivity contribution < 1.29 is 4.74 Å². The molecule has 1 aromatic carbocycles. The SMILES string of the molecule is CNc1cccc(Br)c1OC. The zero-order valence-corrected chi connectivity index (χ0v) is 8.10. The lowest BCUT2D eigenvalue weighted by Crippen LogP contribution is -1.93. The second kappa shape index (κ2) is 3.62. The molecule has 11 heavy (non-hydrogen) atoms. The van der Waals surface area contributed by atoms with Gasteiger partial charge in [-0.3, -0.25) is 0 Å². The van der Waals surface area contributed by atoms with Crippen molar-refractivity contribution in [3.05, 3.63) is 22.7 Å². The van der Waals surface area contributed by atoms with Crippen molar-refractivity contribution in [3.63, 3.8) is 0 Å². The second-order valence-corrected chi connectivity index (χ2v) is 2.92. The van der Waals surface area contributed by atoms with E-state index in [1.807, 2.05) is 25.2 Å². The number of hydrogen-bond acceptors (Lipinski definition) is 2. The minimum Gasteiger partial charge on any atom is -0.493 e. The molecule has 0 aromatic heterocycles. The van der Waals surface area contributed by atoms with E-state index in [9.17, 15) is 0 Å². The smallest absolute Gasteiger partial charge is 0.156 e. The van der Waals surface area contributed by atoms with Crippen LogP contribution in [0.4, 0.5) is 5.69 Å². The molecule has 1 N–H and O–H groups in total. The molecule has 0 bridgehead atoms. The Hall–Kier alpha value is -0.700. The van der Waals surface area contributed by atoms with Crippen LogP contribution in [-0.2, 0) is 0 Å². The average molecular weight is 216 g/mol. The van der Waals surface area contributed by atoms with E-state index in [1.54, 1.807) is 7.11 Å². The highest BCUT2D eigenvalue weighted by Crippen LogP contribution is 2.31. The predicted octanol–water partition coefficient (Wildman–Crippen LogP) is 2.50. The maximum absolute atomic E-state index is 5.16. The van der Waals surface area contributed by atoms with E-state index in [1.165, 1.54) is 0 Å². The zero-order valence-electron chi connectivity index (χ0n) is 6.52. The summed E-state index contributed by atoms with van der Waals surface area (Å²) in [7, 11) is 3.52. The fourth-order valence-corrected chi connectivity index (χ4v) is 1.44. The summed E-state index contributed by atoms with van der Waals surface area (Å²) in [5.41, 5.74) is 0.988. The standard InChI is InChI=1S/C8H10BrNO/c1-10-7-5-3-4-6(9)8(7)11-2/h3-5,10H,1-2H3. The number of ether oxygens (including phenoxy) is 1. The van der Waals surface area contributed by atoms with Crippen LogP contribution >= 0.6 is 15.9 Å². The maximum Gasteiger partial charge on any atom is 0.156 e. The molecule has 0 saturated carbocycles. The number of rotatable bonds is 2. The molecular weight excluding hydrogens is 206 g/mol. The number of para-hydroxylation sites is 1. The van der Waals surface area contributed by atoms with Gasteiger partial charge >= 0.3 is 0 Å². The molecule has 0 aliphatic carbocycles. The Labute approximate surface area is 74.7 Å². The Kier molecular flexibility index (Phi) is 2.76. The van der Waals surface area contributed by atoms with E-state index >= 15 is 0 Å². The van der Waals surface area contributed by atoms with Crippen molar-refractivity contribution in [2.24, 2.45) is 0 Å².